The molecule has 0 bridgehead atoms. The van der Waals surface area contributed by atoms with E-state index in [1.807, 2.05) is 11.0 Å². The molecule has 0 atom stereocenters. The molecule has 2 N–H and O–H groups in total. The molecular formula is C13H18N2O2. The van der Waals surface area contributed by atoms with Gasteiger partial charge in [0.1, 0.15) is 6.54 Å². The fourth-order valence-electron chi connectivity index (χ4n) is 2.16. The van der Waals surface area contributed by atoms with Gasteiger partial charge in [0.2, 0.25) is 0 Å². The normalized spacial score (nSPS) is 14.8. The van der Waals surface area contributed by atoms with Crippen LogP contribution in [0.15, 0.2) is 18.2 Å². The molecule has 0 saturated heterocycles. The predicted octanol–water partition coefficient (Wildman–Crippen LogP) is 1.96. The van der Waals surface area contributed by atoms with Crippen molar-refractivity contribution in [3.63, 3.8) is 0 Å². The monoisotopic (exact) mass is 234 g/mol. The van der Waals surface area contributed by atoms with Gasteiger partial charge in [-0.3, -0.25) is 4.79 Å². The van der Waals surface area contributed by atoms with Crippen molar-refractivity contribution >= 4 is 17.3 Å². The smallest absolute Gasteiger partial charge is 0.323 e. The number of nitrogens with zero attached hydrogens (tertiary/aromatic N) is 1. The molecule has 1 aromatic carbocycles. The number of rotatable bonds is 3. The number of aliphatic carboxylic acids is 1. The molecule has 0 amide bonds. The fraction of sp³-hybridized carbons (Fsp3) is 0.462. The van der Waals surface area contributed by atoms with Crippen LogP contribution in [0.3, 0.4) is 0 Å². The lowest BCUT2D eigenvalue weighted by molar-refractivity contribution is -0.135. The Labute approximate surface area is 101 Å². The van der Waals surface area contributed by atoms with Crippen LogP contribution in [0.5, 0.6) is 0 Å². The molecule has 0 aromatic heterocycles. The van der Waals surface area contributed by atoms with E-state index in [9.17, 15) is 4.79 Å². The Morgan fingerprint density at radius 2 is 2.35 bits per heavy atom. The van der Waals surface area contributed by atoms with Crippen LogP contribution in [0, 0.1) is 0 Å². The van der Waals surface area contributed by atoms with Crippen LogP contribution in [-0.4, -0.2) is 30.7 Å². The molecule has 17 heavy (non-hydrogen) atoms. The van der Waals surface area contributed by atoms with Crippen LogP contribution in [0.4, 0.5) is 11.4 Å². The molecule has 1 aliphatic heterocycles. The lowest BCUT2D eigenvalue weighted by atomic mass is 10.1. The van der Waals surface area contributed by atoms with Gasteiger partial charge < -0.3 is 15.3 Å². The van der Waals surface area contributed by atoms with E-state index in [2.05, 4.69) is 24.4 Å². The molecule has 0 saturated carbocycles. The van der Waals surface area contributed by atoms with Crippen LogP contribution in [0.25, 0.3) is 0 Å². The Bertz CT molecular complexity index is 418. The number of carbonyl (C=O) groups is 1. The van der Waals surface area contributed by atoms with Gasteiger partial charge in [-0.2, -0.15) is 0 Å². The van der Waals surface area contributed by atoms with Crippen molar-refractivity contribution in [1.82, 2.24) is 0 Å². The average Bonchev–Trinajstić information content (AvgIpc) is 2.50. The zero-order valence-corrected chi connectivity index (χ0v) is 10.1. The molecule has 0 spiro atoms. The summed E-state index contributed by atoms with van der Waals surface area (Å²) < 4.78 is 0. The summed E-state index contributed by atoms with van der Waals surface area (Å²) in [6.45, 7) is 3.88. The van der Waals surface area contributed by atoms with E-state index in [0.717, 1.165) is 37.3 Å². The Morgan fingerprint density at radius 3 is 3.06 bits per heavy atom. The second kappa shape index (κ2) is 5.08. The molecular weight excluding hydrogens is 216 g/mol. The van der Waals surface area contributed by atoms with Gasteiger partial charge in [0, 0.05) is 13.1 Å². The van der Waals surface area contributed by atoms with Crippen LogP contribution in [-0.2, 0) is 11.2 Å². The third-order valence-electron chi connectivity index (χ3n) is 3.06. The van der Waals surface area contributed by atoms with Crippen LogP contribution < -0.4 is 10.2 Å². The topological polar surface area (TPSA) is 52.6 Å². The number of anilines is 2. The highest BCUT2D eigenvalue weighted by Gasteiger charge is 2.17. The van der Waals surface area contributed by atoms with Crippen LogP contribution in [0.2, 0.25) is 0 Å². The summed E-state index contributed by atoms with van der Waals surface area (Å²) in [7, 11) is 0. The zero-order chi connectivity index (χ0) is 12.3. The van der Waals surface area contributed by atoms with E-state index < -0.39 is 5.97 Å². The first kappa shape index (κ1) is 11.8. The van der Waals surface area contributed by atoms with Gasteiger partial charge in [-0.25, -0.2) is 0 Å². The number of benzene rings is 1. The minimum Gasteiger partial charge on any atom is -0.480 e. The summed E-state index contributed by atoms with van der Waals surface area (Å²) >= 11 is 0. The van der Waals surface area contributed by atoms with Crippen molar-refractivity contribution in [2.24, 2.45) is 0 Å². The highest BCUT2D eigenvalue weighted by molar-refractivity contribution is 5.79. The van der Waals surface area contributed by atoms with Crippen LogP contribution >= 0.6 is 0 Å². The molecule has 92 valence electrons. The molecule has 0 aliphatic carbocycles. The van der Waals surface area contributed by atoms with Crippen molar-refractivity contribution in [1.29, 1.82) is 0 Å². The van der Waals surface area contributed by atoms with E-state index >= 15 is 0 Å². The maximum Gasteiger partial charge on any atom is 0.323 e. The predicted molar refractivity (Wildman–Crippen MR) is 68.8 cm³/mol. The Hall–Kier alpha value is -1.71. The second-order valence-electron chi connectivity index (χ2n) is 4.30. The summed E-state index contributed by atoms with van der Waals surface area (Å²) in [5.41, 5.74) is 3.33. The molecule has 1 aromatic rings. The molecule has 4 nitrogen and oxygen atoms in total. The minimum absolute atomic E-state index is 0.0696. The van der Waals surface area contributed by atoms with Gasteiger partial charge in [-0.1, -0.05) is 13.0 Å². The molecule has 4 heteroatoms. The molecule has 0 radical (unpaired) electrons. The Morgan fingerprint density at radius 1 is 1.53 bits per heavy atom. The Balaban J connectivity index is 2.31. The number of carboxylic acids is 1. The highest BCUT2D eigenvalue weighted by atomic mass is 16.4. The summed E-state index contributed by atoms with van der Waals surface area (Å²) in [4.78, 5) is 12.8. The van der Waals surface area contributed by atoms with E-state index in [1.54, 1.807) is 0 Å². The van der Waals surface area contributed by atoms with Gasteiger partial charge in [0.05, 0.1) is 11.4 Å². The van der Waals surface area contributed by atoms with Gasteiger partial charge in [0.15, 0.2) is 0 Å². The summed E-state index contributed by atoms with van der Waals surface area (Å²) in [6, 6.07) is 6.21. The van der Waals surface area contributed by atoms with E-state index in [0.29, 0.717) is 0 Å². The number of carboxylic acid groups (broad SMARTS) is 1. The number of aryl methyl sites for hydroxylation is 1. The maximum absolute atomic E-state index is 10.9. The largest absolute Gasteiger partial charge is 0.480 e. The third-order valence-corrected chi connectivity index (χ3v) is 3.06. The summed E-state index contributed by atoms with van der Waals surface area (Å²) in [5, 5.41) is 12.3. The zero-order valence-electron chi connectivity index (χ0n) is 10.1. The SMILES string of the molecule is CCc1ccc2c(c1)NCCCN2CC(=O)O. The molecule has 0 fully saturated rings. The van der Waals surface area contributed by atoms with E-state index in [-0.39, 0.29) is 6.54 Å². The van der Waals surface area contributed by atoms with Gasteiger partial charge in [0.25, 0.3) is 0 Å². The van der Waals surface area contributed by atoms with Gasteiger partial charge >= 0.3 is 5.97 Å². The Kier molecular flexibility index (Phi) is 3.52. The first-order valence-corrected chi connectivity index (χ1v) is 6.04. The van der Waals surface area contributed by atoms with Crippen molar-refractivity contribution in [3.8, 4) is 0 Å². The van der Waals surface area contributed by atoms with E-state index in [4.69, 9.17) is 5.11 Å². The first-order valence-electron chi connectivity index (χ1n) is 6.04. The number of fused-ring (bicyclic) bond motifs is 1. The third kappa shape index (κ3) is 2.70. The lowest BCUT2D eigenvalue weighted by Gasteiger charge is -2.22. The number of hydrogen-bond acceptors (Lipinski definition) is 3. The van der Waals surface area contributed by atoms with Gasteiger partial charge in [-0.15, -0.1) is 0 Å². The second-order valence-corrected chi connectivity index (χ2v) is 4.30. The average molecular weight is 234 g/mol. The first-order chi connectivity index (χ1) is 8.20. The van der Waals surface area contributed by atoms with Crippen molar-refractivity contribution in [3.05, 3.63) is 23.8 Å². The number of hydrogen-bond donors (Lipinski definition) is 2. The fourth-order valence-corrected chi connectivity index (χ4v) is 2.16. The quantitative estimate of drug-likeness (QED) is 0.839. The van der Waals surface area contributed by atoms with Crippen molar-refractivity contribution < 1.29 is 9.90 Å². The summed E-state index contributed by atoms with van der Waals surface area (Å²) in [5.74, 6) is -0.780. The summed E-state index contributed by atoms with van der Waals surface area (Å²) in [6.07, 6.45) is 1.96. The van der Waals surface area contributed by atoms with E-state index in [1.165, 1.54) is 5.56 Å². The minimum atomic E-state index is -0.780. The van der Waals surface area contributed by atoms with Crippen molar-refractivity contribution in [2.45, 2.75) is 19.8 Å². The van der Waals surface area contributed by atoms with Crippen LogP contribution in [0.1, 0.15) is 18.9 Å². The number of nitrogens with one attached hydrogen (secondary N) is 1. The molecule has 0 unspecified atom stereocenters. The van der Waals surface area contributed by atoms with Gasteiger partial charge in [-0.05, 0) is 30.5 Å². The lowest BCUT2D eigenvalue weighted by Crippen LogP contribution is -2.30. The standard InChI is InChI=1S/C13H18N2O2/c1-2-10-4-5-12-11(8-10)14-6-3-7-15(12)9-13(16)17/h4-5,8,14H,2-3,6-7,9H2,1H3,(H,16,17). The molecule has 2 rings (SSSR count). The van der Waals surface area contributed by atoms with Crippen molar-refractivity contribution in [2.75, 3.05) is 29.9 Å². The molecule has 1 aliphatic rings. The molecule has 1 heterocycles. The highest BCUT2D eigenvalue weighted by Crippen LogP contribution is 2.29. The maximum atomic E-state index is 10.9.